The number of nitro benzene ring substituents is 1. The Morgan fingerprint density at radius 3 is 2.70 bits per heavy atom. The van der Waals surface area contributed by atoms with Gasteiger partial charge < -0.3 is 4.74 Å². The van der Waals surface area contributed by atoms with Crippen LogP contribution in [0.2, 0.25) is 0 Å². The molecule has 0 heterocycles. The molecule has 2 aromatic rings. The van der Waals surface area contributed by atoms with Gasteiger partial charge in [0.15, 0.2) is 0 Å². The summed E-state index contributed by atoms with van der Waals surface area (Å²) >= 11 is 3.12. The first-order chi connectivity index (χ1) is 9.52. The van der Waals surface area contributed by atoms with Gasteiger partial charge in [0.25, 0.3) is 0 Å². The number of benzene rings is 2. The molecule has 0 aliphatic heterocycles. The molecule has 100 valence electrons. The van der Waals surface area contributed by atoms with Crippen molar-refractivity contribution in [2.75, 3.05) is 0 Å². The summed E-state index contributed by atoms with van der Waals surface area (Å²) in [5, 5.41) is 19.8. The first-order valence-corrected chi connectivity index (χ1v) is 6.12. The first-order valence-electron chi connectivity index (χ1n) is 5.33. The Hall–Kier alpha value is -2.46. The van der Waals surface area contributed by atoms with Crippen molar-refractivity contribution in [3.05, 3.63) is 62.4 Å². The van der Waals surface area contributed by atoms with E-state index < -0.39 is 10.7 Å². The summed E-state index contributed by atoms with van der Waals surface area (Å²) in [5.74, 6) is -0.886. The van der Waals surface area contributed by atoms with Crippen LogP contribution >= 0.6 is 15.9 Å². The highest BCUT2D eigenvalue weighted by Crippen LogP contribution is 2.35. The van der Waals surface area contributed by atoms with E-state index >= 15 is 0 Å². The maximum absolute atomic E-state index is 13.4. The summed E-state index contributed by atoms with van der Waals surface area (Å²) < 4.78 is 19.2. The molecular weight excluding hydrogens is 331 g/mol. The molecule has 5 nitrogen and oxygen atoms in total. The Kier molecular flexibility index (Phi) is 3.96. The molecule has 2 aromatic carbocycles. The van der Waals surface area contributed by atoms with E-state index in [0.29, 0.717) is 4.47 Å². The third-order valence-electron chi connectivity index (χ3n) is 2.42. The smallest absolute Gasteiger partial charge is 0.312 e. The number of nitro groups is 1. The SMILES string of the molecule is N#Cc1c(F)cccc1Oc1ccc(Br)cc1[N+](=O)[O-]. The fraction of sp³-hybridized carbons (Fsp3) is 0. The van der Waals surface area contributed by atoms with E-state index in [-0.39, 0.29) is 22.7 Å². The van der Waals surface area contributed by atoms with Crippen molar-refractivity contribution < 1.29 is 14.1 Å². The summed E-state index contributed by atoms with van der Waals surface area (Å²) in [5.41, 5.74) is -0.586. The van der Waals surface area contributed by atoms with Gasteiger partial charge in [0.05, 0.1) is 4.92 Å². The van der Waals surface area contributed by atoms with Crippen LogP contribution in [0.15, 0.2) is 40.9 Å². The van der Waals surface area contributed by atoms with Gasteiger partial charge in [-0.3, -0.25) is 10.1 Å². The van der Waals surface area contributed by atoms with Crippen LogP contribution in [0.3, 0.4) is 0 Å². The van der Waals surface area contributed by atoms with E-state index in [4.69, 9.17) is 10.00 Å². The maximum Gasteiger partial charge on any atom is 0.312 e. The van der Waals surface area contributed by atoms with Crippen LogP contribution in [0.4, 0.5) is 10.1 Å². The summed E-state index contributed by atoms with van der Waals surface area (Å²) in [6.45, 7) is 0. The molecule has 0 saturated heterocycles. The lowest BCUT2D eigenvalue weighted by molar-refractivity contribution is -0.385. The average molecular weight is 337 g/mol. The molecule has 7 heteroatoms. The van der Waals surface area contributed by atoms with E-state index in [1.165, 1.54) is 24.3 Å². The van der Waals surface area contributed by atoms with Gasteiger partial charge in [0.1, 0.15) is 23.2 Å². The highest BCUT2D eigenvalue weighted by Gasteiger charge is 2.18. The van der Waals surface area contributed by atoms with Crippen LogP contribution in [0.25, 0.3) is 0 Å². The number of nitrogens with zero attached hydrogens (tertiary/aromatic N) is 2. The zero-order valence-electron chi connectivity index (χ0n) is 9.84. The van der Waals surface area contributed by atoms with Crippen molar-refractivity contribution >= 4 is 21.6 Å². The van der Waals surface area contributed by atoms with E-state index in [1.54, 1.807) is 12.1 Å². The minimum Gasteiger partial charge on any atom is -0.449 e. The van der Waals surface area contributed by atoms with Crippen molar-refractivity contribution in [2.45, 2.75) is 0 Å². The average Bonchev–Trinajstić information content (AvgIpc) is 2.41. The van der Waals surface area contributed by atoms with Gasteiger partial charge >= 0.3 is 5.69 Å². The molecule has 0 spiro atoms. The van der Waals surface area contributed by atoms with Crippen LogP contribution < -0.4 is 4.74 Å². The van der Waals surface area contributed by atoms with Crippen LogP contribution in [-0.2, 0) is 0 Å². The number of hydrogen-bond donors (Lipinski definition) is 0. The Bertz CT molecular complexity index is 728. The predicted molar refractivity (Wildman–Crippen MR) is 72.0 cm³/mol. The Morgan fingerprint density at radius 1 is 1.30 bits per heavy atom. The highest BCUT2D eigenvalue weighted by molar-refractivity contribution is 9.10. The lowest BCUT2D eigenvalue weighted by atomic mass is 10.2. The molecule has 2 rings (SSSR count). The molecule has 20 heavy (non-hydrogen) atoms. The van der Waals surface area contributed by atoms with Gasteiger partial charge in [-0.2, -0.15) is 5.26 Å². The summed E-state index contributed by atoms with van der Waals surface area (Å²) in [7, 11) is 0. The van der Waals surface area contributed by atoms with Gasteiger partial charge in [0.2, 0.25) is 5.75 Å². The molecule has 0 atom stereocenters. The Labute approximate surface area is 121 Å². The van der Waals surface area contributed by atoms with Crippen LogP contribution in [0.1, 0.15) is 5.56 Å². The minimum absolute atomic E-state index is 0.0692. The normalized spacial score (nSPS) is 9.85. The molecule has 0 unspecified atom stereocenters. The topological polar surface area (TPSA) is 76.2 Å². The lowest BCUT2D eigenvalue weighted by Crippen LogP contribution is -1.96. The molecular formula is C13H6BrFN2O3. The second-order valence-electron chi connectivity index (χ2n) is 3.70. The molecule has 0 bridgehead atoms. The van der Waals surface area contributed by atoms with Gasteiger partial charge in [0, 0.05) is 10.5 Å². The van der Waals surface area contributed by atoms with Crippen LogP contribution in [0.5, 0.6) is 11.5 Å². The summed E-state index contributed by atoms with van der Waals surface area (Å²) in [6.07, 6.45) is 0. The van der Waals surface area contributed by atoms with Gasteiger partial charge in [-0.1, -0.05) is 22.0 Å². The monoisotopic (exact) mass is 336 g/mol. The van der Waals surface area contributed by atoms with Gasteiger partial charge in [-0.25, -0.2) is 4.39 Å². The molecule has 0 saturated carbocycles. The highest BCUT2D eigenvalue weighted by atomic mass is 79.9. The lowest BCUT2D eigenvalue weighted by Gasteiger charge is -2.08. The number of ether oxygens (including phenoxy) is 1. The molecule has 0 aliphatic carbocycles. The van der Waals surface area contributed by atoms with Crippen LogP contribution in [0, 0.1) is 27.3 Å². The predicted octanol–water partition coefficient (Wildman–Crippen LogP) is 4.16. The van der Waals surface area contributed by atoms with E-state index in [0.717, 1.165) is 6.07 Å². The zero-order valence-corrected chi connectivity index (χ0v) is 11.4. The number of rotatable bonds is 3. The third kappa shape index (κ3) is 2.75. The van der Waals surface area contributed by atoms with E-state index in [2.05, 4.69) is 15.9 Å². The fourth-order valence-electron chi connectivity index (χ4n) is 1.54. The fourth-order valence-corrected chi connectivity index (χ4v) is 1.88. The zero-order chi connectivity index (χ0) is 14.7. The summed E-state index contributed by atoms with van der Waals surface area (Å²) in [6, 6.07) is 9.69. The number of nitriles is 1. The largest absolute Gasteiger partial charge is 0.449 e. The van der Waals surface area contributed by atoms with Gasteiger partial charge in [-0.05, 0) is 24.3 Å². The van der Waals surface area contributed by atoms with Crippen LogP contribution in [-0.4, -0.2) is 4.92 Å². The molecule has 0 aliphatic rings. The molecule has 0 aromatic heterocycles. The van der Waals surface area contributed by atoms with Crippen molar-refractivity contribution in [2.24, 2.45) is 0 Å². The second kappa shape index (κ2) is 5.67. The third-order valence-corrected chi connectivity index (χ3v) is 2.92. The Morgan fingerprint density at radius 2 is 2.05 bits per heavy atom. The quantitative estimate of drug-likeness (QED) is 0.622. The van der Waals surface area contributed by atoms with E-state index in [9.17, 15) is 14.5 Å². The number of hydrogen-bond acceptors (Lipinski definition) is 4. The molecule has 0 fully saturated rings. The van der Waals surface area contributed by atoms with Crippen molar-refractivity contribution in [3.8, 4) is 17.6 Å². The minimum atomic E-state index is -0.746. The van der Waals surface area contributed by atoms with Crippen molar-refractivity contribution in [1.82, 2.24) is 0 Å². The first kappa shape index (κ1) is 14.0. The second-order valence-corrected chi connectivity index (χ2v) is 4.61. The molecule has 0 N–H and O–H groups in total. The molecule has 0 radical (unpaired) electrons. The Balaban J connectivity index is 2.49. The number of halogens is 2. The summed E-state index contributed by atoms with van der Waals surface area (Å²) in [4.78, 5) is 10.3. The van der Waals surface area contributed by atoms with E-state index in [1.807, 2.05) is 0 Å². The molecule has 0 amide bonds. The maximum atomic E-state index is 13.4. The van der Waals surface area contributed by atoms with Gasteiger partial charge in [-0.15, -0.1) is 0 Å². The van der Waals surface area contributed by atoms with Crippen molar-refractivity contribution in [1.29, 1.82) is 5.26 Å². The van der Waals surface area contributed by atoms with Crippen molar-refractivity contribution in [3.63, 3.8) is 0 Å². The standard InChI is InChI=1S/C13H6BrFN2O3/c14-8-4-5-13(11(6-8)17(18)19)20-12-3-1-2-10(15)9(12)7-16/h1-6H.